The Labute approximate surface area is 169 Å². The molecule has 0 spiro atoms. The van der Waals surface area contributed by atoms with Crippen LogP contribution in [0.2, 0.25) is 0 Å². The Bertz CT molecular complexity index is 513. The molecule has 0 atom stereocenters. The number of guanidine groups is 1. The number of aliphatic imine (C=N–C) groups is 1. The molecule has 0 saturated carbocycles. The second kappa shape index (κ2) is 13.0. The minimum atomic E-state index is 0. The van der Waals surface area contributed by atoms with Gasteiger partial charge in [0.15, 0.2) is 5.96 Å². The van der Waals surface area contributed by atoms with Crippen molar-refractivity contribution in [2.45, 2.75) is 13.3 Å². The fourth-order valence-electron chi connectivity index (χ4n) is 2.76. The van der Waals surface area contributed by atoms with Gasteiger partial charge in [-0.1, -0.05) is 30.4 Å². The predicted molar refractivity (Wildman–Crippen MR) is 116 cm³/mol. The van der Waals surface area contributed by atoms with Crippen molar-refractivity contribution in [3.63, 3.8) is 0 Å². The quantitative estimate of drug-likeness (QED) is 0.224. The summed E-state index contributed by atoms with van der Waals surface area (Å²) in [5.74, 6) is 1.96. The van der Waals surface area contributed by atoms with E-state index < -0.39 is 0 Å². The third kappa shape index (κ3) is 8.09. The Morgan fingerprint density at radius 3 is 2.56 bits per heavy atom. The molecule has 6 heteroatoms. The van der Waals surface area contributed by atoms with E-state index >= 15 is 0 Å². The summed E-state index contributed by atoms with van der Waals surface area (Å²) in [5, 5.41) is 3.43. The minimum Gasteiger partial charge on any atom is -0.492 e. The first kappa shape index (κ1) is 21.8. The van der Waals surface area contributed by atoms with E-state index in [0.717, 1.165) is 64.0 Å². The number of nitrogens with one attached hydrogen (secondary N) is 1. The van der Waals surface area contributed by atoms with Gasteiger partial charge in [0.2, 0.25) is 0 Å². The van der Waals surface area contributed by atoms with Gasteiger partial charge < -0.3 is 15.0 Å². The molecule has 0 bridgehead atoms. The minimum absolute atomic E-state index is 0. The maximum atomic E-state index is 5.78. The summed E-state index contributed by atoms with van der Waals surface area (Å²) in [6.45, 7) is 8.80. The van der Waals surface area contributed by atoms with Crippen molar-refractivity contribution in [3.8, 4) is 5.75 Å². The lowest BCUT2D eigenvalue weighted by atomic mass is 10.3. The molecular weight excluding hydrogens is 427 g/mol. The molecule has 1 heterocycles. The van der Waals surface area contributed by atoms with Crippen LogP contribution >= 0.6 is 24.0 Å². The highest BCUT2D eigenvalue weighted by molar-refractivity contribution is 14.0. The average Bonchev–Trinajstić information content (AvgIpc) is 2.64. The van der Waals surface area contributed by atoms with Crippen LogP contribution in [0.3, 0.4) is 0 Å². The van der Waals surface area contributed by atoms with Crippen molar-refractivity contribution in [2.24, 2.45) is 4.99 Å². The molecule has 0 radical (unpaired) electrons. The van der Waals surface area contributed by atoms with Crippen LogP contribution in [-0.4, -0.2) is 68.7 Å². The highest BCUT2D eigenvalue weighted by atomic mass is 127. The third-order valence-corrected chi connectivity index (χ3v) is 4.13. The lowest BCUT2D eigenvalue weighted by molar-refractivity contribution is 0.152. The molecule has 0 aliphatic carbocycles. The Hall–Kier alpha value is -1.28. The van der Waals surface area contributed by atoms with Gasteiger partial charge in [-0.2, -0.15) is 0 Å². The Balaban J connectivity index is 0.00000312. The van der Waals surface area contributed by atoms with Gasteiger partial charge in [0.1, 0.15) is 12.4 Å². The normalized spacial score (nSPS) is 15.9. The van der Waals surface area contributed by atoms with E-state index in [4.69, 9.17) is 4.74 Å². The second-order valence-electron chi connectivity index (χ2n) is 5.82. The van der Waals surface area contributed by atoms with Crippen LogP contribution in [0.4, 0.5) is 0 Å². The zero-order chi connectivity index (χ0) is 17.0. The number of para-hydroxylation sites is 1. The highest BCUT2D eigenvalue weighted by Gasteiger charge is 2.19. The number of halogens is 1. The van der Waals surface area contributed by atoms with E-state index in [1.54, 1.807) is 0 Å². The van der Waals surface area contributed by atoms with Crippen molar-refractivity contribution in [3.05, 3.63) is 42.5 Å². The molecule has 1 fully saturated rings. The van der Waals surface area contributed by atoms with Gasteiger partial charge in [-0.25, -0.2) is 0 Å². The largest absolute Gasteiger partial charge is 0.492 e. The monoisotopic (exact) mass is 458 g/mol. The number of ether oxygens (including phenoxy) is 1. The Morgan fingerprint density at radius 1 is 1.20 bits per heavy atom. The molecule has 0 unspecified atom stereocenters. The first-order valence-corrected chi connectivity index (χ1v) is 8.80. The Morgan fingerprint density at radius 2 is 1.92 bits per heavy atom. The number of allylic oxidation sites excluding steroid dienone is 1. The molecule has 25 heavy (non-hydrogen) atoms. The fourth-order valence-corrected chi connectivity index (χ4v) is 2.76. The standard InChI is InChI=1S/C19H30N4O.HI/c1-3-4-8-11-21-19(20-2)23-14-12-22(13-15-23)16-17-24-18-9-6-5-7-10-18;/h3-7,9-10H,8,11-17H2,1-2H3,(H,20,21);1H/b4-3+;. The lowest BCUT2D eigenvalue weighted by Crippen LogP contribution is -2.53. The second-order valence-corrected chi connectivity index (χ2v) is 5.82. The summed E-state index contributed by atoms with van der Waals surface area (Å²) in [5.41, 5.74) is 0. The lowest BCUT2D eigenvalue weighted by Gasteiger charge is -2.36. The van der Waals surface area contributed by atoms with Gasteiger partial charge in [0.25, 0.3) is 0 Å². The fraction of sp³-hybridized carbons (Fsp3) is 0.526. The van der Waals surface area contributed by atoms with Crippen molar-refractivity contribution in [2.75, 3.05) is 52.9 Å². The summed E-state index contributed by atoms with van der Waals surface area (Å²) in [4.78, 5) is 9.19. The molecule has 5 nitrogen and oxygen atoms in total. The van der Waals surface area contributed by atoms with E-state index in [1.165, 1.54) is 0 Å². The summed E-state index contributed by atoms with van der Waals surface area (Å²) in [6, 6.07) is 10.0. The molecular formula is C19H31IN4O. The van der Waals surface area contributed by atoms with Gasteiger partial charge >= 0.3 is 0 Å². The number of piperazine rings is 1. The van der Waals surface area contributed by atoms with E-state index in [2.05, 4.69) is 39.2 Å². The molecule has 1 aliphatic rings. The summed E-state index contributed by atoms with van der Waals surface area (Å²) < 4.78 is 5.78. The smallest absolute Gasteiger partial charge is 0.193 e. The SMILES string of the molecule is C/C=C/CCNC(=NC)N1CCN(CCOc2ccccc2)CC1.I. The molecule has 1 N–H and O–H groups in total. The maximum Gasteiger partial charge on any atom is 0.193 e. The van der Waals surface area contributed by atoms with Crippen LogP contribution in [-0.2, 0) is 0 Å². The van der Waals surface area contributed by atoms with Crippen molar-refractivity contribution < 1.29 is 4.74 Å². The van der Waals surface area contributed by atoms with Gasteiger partial charge in [-0.05, 0) is 25.5 Å². The van der Waals surface area contributed by atoms with Crippen LogP contribution in [0.25, 0.3) is 0 Å². The molecule has 1 saturated heterocycles. The van der Waals surface area contributed by atoms with Crippen LogP contribution in [0.1, 0.15) is 13.3 Å². The number of rotatable bonds is 7. The molecule has 1 aromatic rings. The van der Waals surface area contributed by atoms with Gasteiger partial charge in [0.05, 0.1) is 0 Å². The van der Waals surface area contributed by atoms with Crippen LogP contribution in [0.15, 0.2) is 47.5 Å². The van der Waals surface area contributed by atoms with Gasteiger partial charge in [-0.15, -0.1) is 24.0 Å². The molecule has 140 valence electrons. The first-order chi connectivity index (χ1) is 11.8. The first-order valence-electron chi connectivity index (χ1n) is 8.80. The van der Waals surface area contributed by atoms with E-state index in [0.29, 0.717) is 0 Å². The van der Waals surface area contributed by atoms with Crippen LogP contribution < -0.4 is 10.1 Å². The zero-order valence-electron chi connectivity index (χ0n) is 15.4. The van der Waals surface area contributed by atoms with Crippen LogP contribution in [0.5, 0.6) is 5.75 Å². The zero-order valence-corrected chi connectivity index (χ0v) is 17.7. The van der Waals surface area contributed by atoms with E-state index in [9.17, 15) is 0 Å². The highest BCUT2D eigenvalue weighted by Crippen LogP contribution is 2.08. The van der Waals surface area contributed by atoms with Crippen molar-refractivity contribution >= 4 is 29.9 Å². The third-order valence-electron chi connectivity index (χ3n) is 4.13. The van der Waals surface area contributed by atoms with E-state index in [1.807, 2.05) is 37.4 Å². The molecule has 1 aromatic carbocycles. The predicted octanol–water partition coefficient (Wildman–Crippen LogP) is 2.84. The maximum absolute atomic E-state index is 5.78. The van der Waals surface area contributed by atoms with Crippen molar-refractivity contribution in [1.29, 1.82) is 0 Å². The molecule has 0 amide bonds. The Kier molecular flexibility index (Phi) is 11.3. The van der Waals surface area contributed by atoms with Crippen LogP contribution in [0, 0.1) is 0 Å². The average molecular weight is 458 g/mol. The van der Waals surface area contributed by atoms with E-state index in [-0.39, 0.29) is 24.0 Å². The number of nitrogens with zero attached hydrogens (tertiary/aromatic N) is 3. The number of hydrogen-bond donors (Lipinski definition) is 1. The summed E-state index contributed by atoms with van der Waals surface area (Å²) >= 11 is 0. The molecule has 0 aromatic heterocycles. The van der Waals surface area contributed by atoms with Gasteiger partial charge in [-0.3, -0.25) is 9.89 Å². The molecule has 2 rings (SSSR count). The number of hydrogen-bond acceptors (Lipinski definition) is 3. The van der Waals surface area contributed by atoms with Gasteiger partial charge in [0, 0.05) is 46.3 Å². The topological polar surface area (TPSA) is 40.1 Å². The molecule has 1 aliphatic heterocycles. The summed E-state index contributed by atoms with van der Waals surface area (Å²) in [7, 11) is 1.86. The number of benzene rings is 1. The van der Waals surface area contributed by atoms with Crippen molar-refractivity contribution in [1.82, 2.24) is 15.1 Å². The summed E-state index contributed by atoms with van der Waals surface area (Å²) in [6.07, 6.45) is 5.29.